The van der Waals surface area contributed by atoms with E-state index in [2.05, 4.69) is 18.7 Å². The smallest absolute Gasteiger partial charge is 0.0593 e. The Morgan fingerprint density at radius 2 is 1.50 bits per heavy atom. The van der Waals surface area contributed by atoms with Gasteiger partial charge in [-0.25, -0.2) is 0 Å². The molecule has 74 valence electrons. The first-order chi connectivity index (χ1) is 5.85. The van der Waals surface area contributed by atoms with Crippen molar-refractivity contribution in [2.24, 2.45) is 0 Å². The Bertz CT molecular complexity index is 79.9. The Balaban J connectivity index is 3.34. The lowest BCUT2D eigenvalue weighted by Crippen LogP contribution is -2.29. The molecule has 0 amide bonds. The second-order valence-electron chi connectivity index (χ2n) is 3.04. The van der Waals surface area contributed by atoms with Crippen LogP contribution in [0.15, 0.2) is 0 Å². The first kappa shape index (κ1) is 11.9. The van der Waals surface area contributed by atoms with Crippen LogP contribution in [0.2, 0.25) is 0 Å². The molecule has 2 heteroatoms. The van der Waals surface area contributed by atoms with Crippen molar-refractivity contribution in [1.29, 1.82) is 0 Å². The Kier molecular flexibility index (Phi) is 8.95. The van der Waals surface area contributed by atoms with Gasteiger partial charge in [0.25, 0.3) is 0 Å². The molecule has 0 fully saturated rings. The van der Waals surface area contributed by atoms with Crippen molar-refractivity contribution in [2.75, 3.05) is 32.8 Å². The zero-order valence-corrected chi connectivity index (χ0v) is 8.81. The van der Waals surface area contributed by atoms with Crippen molar-refractivity contribution in [1.82, 2.24) is 4.90 Å². The molecule has 0 aromatic carbocycles. The van der Waals surface area contributed by atoms with Gasteiger partial charge in [-0.3, -0.25) is 0 Å². The lowest BCUT2D eigenvalue weighted by atomic mass is 10.3. The molecule has 0 aliphatic rings. The molecule has 0 saturated heterocycles. The van der Waals surface area contributed by atoms with Gasteiger partial charge in [-0.15, -0.1) is 0 Å². The predicted molar refractivity (Wildman–Crippen MR) is 53.5 cm³/mol. The second-order valence-corrected chi connectivity index (χ2v) is 3.04. The standard InChI is InChI=1S/C10H23NO/c1-4-7-11(8-5-2)9-10-12-6-3/h4-10H2,1-3H3. The van der Waals surface area contributed by atoms with Gasteiger partial charge in [-0.1, -0.05) is 13.8 Å². The molecule has 0 spiro atoms. The number of ether oxygens (including phenoxy) is 1. The maximum Gasteiger partial charge on any atom is 0.0593 e. The van der Waals surface area contributed by atoms with Crippen molar-refractivity contribution in [3.63, 3.8) is 0 Å². The number of hydrogen-bond acceptors (Lipinski definition) is 2. The minimum absolute atomic E-state index is 0.839. The molecule has 0 bridgehead atoms. The molecule has 0 aliphatic carbocycles. The zero-order valence-electron chi connectivity index (χ0n) is 8.81. The van der Waals surface area contributed by atoms with Gasteiger partial charge in [0, 0.05) is 13.2 Å². The molecular formula is C10H23NO. The highest BCUT2D eigenvalue weighted by Gasteiger charge is 2.00. The van der Waals surface area contributed by atoms with E-state index >= 15 is 0 Å². The third-order valence-corrected chi connectivity index (χ3v) is 1.84. The summed E-state index contributed by atoms with van der Waals surface area (Å²) in [5.41, 5.74) is 0. The van der Waals surface area contributed by atoms with Gasteiger partial charge in [-0.05, 0) is 32.9 Å². The summed E-state index contributed by atoms with van der Waals surface area (Å²) in [5.74, 6) is 0. The highest BCUT2D eigenvalue weighted by Crippen LogP contribution is 1.93. The van der Waals surface area contributed by atoms with Crippen molar-refractivity contribution in [2.45, 2.75) is 33.6 Å². The lowest BCUT2D eigenvalue weighted by Gasteiger charge is -2.20. The van der Waals surface area contributed by atoms with Gasteiger partial charge in [-0.2, -0.15) is 0 Å². The van der Waals surface area contributed by atoms with Crippen LogP contribution in [0.5, 0.6) is 0 Å². The van der Waals surface area contributed by atoms with E-state index in [1.54, 1.807) is 0 Å². The van der Waals surface area contributed by atoms with Crippen LogP contribution in [0, 0.1) is 0 Å². The molecule has 12 heavy (non-hydrogen) atoms. The molecule has 0 heterocycles. The van der Waals surface area contributed by atoms with E-state index in [4.69, 9.17) is 4.74 Å². The highest BCUT2D eigenvalue weighted by atomic mass is 16.5. The van der Waals surface area contributed by atoms with Crippen LogP contribution < -0.4 is 0 Å². The fourth-order valence-corrected chi connectivity index (χ4v) is 1.31. The Morgan fingerprint density at radius 3 is 1.92 bits per heavy atom. The average Bonchev–Trinajstić information content (AvgIpc) is 2.06. The van der Waals surface area contributed by atoms with E-state index in [9.17, 15) is 0 Å². The highest BCUT2D eigenvalue weighted by molar-refractivity contribution is 4.54. The molecule has 0 atom stereocenters. The fourth-order valence-electron chi connectivity index (χ4n) is 1.31. The van der Waals surface area contributed by atoms with Crippen molar-refractivity contribution >= 4 is 0 Å². The van der Waals surface area contributed by atoms with Gasteiger partial charge in [0.2, 0.25) is 0 Å². The van der Waals surface area contributed by atoms with Crippen LogP contribution >= 0.6 is 0 Å². The summed E-state index contributed by atoms with van der Waals surface area (Å²) in [6.07, 6.45) is 2.48. The minimum Gasteiger partial charge on any atom is -0.380 e. The summed E-state index contributed by atoms with van der Waals surface area (Å²) in [4.78, 5) is 2.47. The number of nitrogens with zero attached hydrogens (tertiary/aromatic N) is 1. The van der Waals surface area contributed by atoms with Crippen molar-refractivity contribution < 1.29 is 4.74 Å². The molecule has 0 N–H and O–H groups in total. The van der Waals surface area contributed by atoms with Crippen LogP contribution in [-0.2, 0) is 4.74 Å². The van der Waals surface area contributed by atoms with Gasteiger partial charge >= 0.3 is 0 Å². The molecule has 2 nitrogen and oxygen atoms in total. The molecule has 0 rings (SSSR count). The minimum atomic E-state index is 0.839. The van der Waals surface area contributed by atoms with Crippen LogP contribution in [-0.4, -0.2) is 37.7 Å². The second kappa shape index (κ2) is 9.01. The first-order valence-corrected chi connectivity index (χ1v) is 5.15. The average molecular weight is 173 g/mol. The Labute approximate surface area is 76.9 Å². The third-order valence-electron chi connectivity index (χ3n) is 1.84. The topological polar surface area (TPSA) is 12.5 Å². The molecular weight excluding hydrogens is 150 g/mol. The largest absolute Gasteiger partial charge is 0.380 e. The van der Waals surface area contributed by atoms with Crippen LogP contribution in [0.3, 0.4) is 0 Å². The number of rotatable bonds is 8. The fraction of sp³-hybridized carbons (Fsp3) is 1.00. The third kappa shape index (κ3) is 6.62. The van der Waals surface area contributed by atoms with E-state index in [1.807, 2.05) is 6.92 Å². The maximum absolute atomic E-state index is 5.31. The van der Waals surface area contributed by atoms with Crippen LogP contribution in [0.25, 0.3) is 0 Å². The summed E-state index contributed by atoms with van der Waals surface area (Å²) in [5, 5.41) is 0. The van der Waals surface area contributed by atoms with Crippen LogP contribution in [0.1, 0.15) is 33.6 Å². The zero-order chi connectivity index (χ0) is 9.23. The quantitative estimate of drug-likeness (QED) is 0.521. The van der Waals surface area contributed by atoms with Gasteiger partial charge < -0.3 is 9.64 Å². The monoisotopic (exact) mass is 173 g/mol. The predicted octanol–water partition coefficient (Wildman–Crippen LogP) is 2.14. The molecule has 0 saturated carbocycles. The van der Waals surface area contributed by atoms with Crippen molar-refractivity contribution in [3.8, 4) is 0 Å². The summed E-state index contributed by atoms with van der Waals surface area (Å²) < 4.78 is 5.31. The normalized spacial score (nSPS) is 11.0. The Morgan fingerprint density at radius 1 is 0.917 bits per heavy atom. The summed E-state index contributed by atoms with van der Waals surface area (Å²) in [7, 11) is 0. The van der Waals surface area contributed by atoms with Crippen LogP contribution in [0.4, 0.5) is 0 Å². The van der Waals surface area contributed by atoms with Gasteiger partial charge in [0.05, 0.1) is 6.61 Å². The van der Waals surface area contributed by atoms with Gasteiger partial charge in [0.15, 0.2) is 0 Å². The maximum atomic E-state index is 5.31. The molecule has 0 aromatic rings. The van der Waals surface area contributed by atoms with Crippen molar-refractivity contribution in [3.05, 3.63) is 0 Å². The van der Waals surface area contributed by atoms with E-state index in [0.29, 0.717) is 0 Å². The summed E-state index contributed by atoms with van der Waals surface area (Å²) in [6, 6.07) is 0. The lowest BCUT2D eigenvalue weighted by molar-refractivity contribution is 0.113. The Hall–Kier alpha value is -0.0800. The SMILES string of the molecule is CCCN(CCC)CCOCC. The molecule has 0 aliphatic heterocycles. The summed E-state index contributed by atoms with van der Waals surface area (Å²) >= 11 is 0. The first-order valence-electron chi connectivity index (χ1n) is 5.15. The van der Waals surface area contributed by atoms with Gasteiger partial charge in [0.1, 0.15) is 0 Å². The van der Waals surface area contributed by atoms with E-state index in [-0.39, 0.29) is 0 Å². The van der Waals surface area contributed by atoms with E-state index in [1.165, 1.54) is 25.9 Å². The molecule has 0 unspecified atom stereocenters. The molecule has 0 radical (unpaired) electrons. The molecule has 0 aromatic heterocycles. The van der Waals surface area contributed by atoms with E-state index < -0.39 is 0 Å². The summed E-state index contributed by atoms with van der Waals surface area (Å²) in [6.45, 7) is 11.7. The number of hydrogen-bond donors (Lipinski definition) is 0. The van der Waals surface area contributed by atoms with E-state index in [0.717, 1.165) is 19.8 Å².